The number of ether oxygens (including phenoxy) is 1. The standard InChI is InChI=1S/C28H42O4/c1-19(2)11-14-27(30)22(5)10-8-9-20(3)15-25(29)16-21(4)12-13-24-18-26(32-7)17-23(6)28(24)31/h11-12,15,17-18,22,25,29,31H,8-10,13-14,16H2,1-7H3/b20-15+,21-12+/t22?,25-/m0/s1. The fourth-order valence-electron chi connectivity index (χ4n) is 3.61. The highest BCUT2D eigenvalue weighted by atomic mass is 16.5. The van der Waals surface area contributed by atoms with E-state index in [1.54, 1.807) is 7.11 Å². The molecule has 1 aromatic rings. The molecule has 0 fully saturated rings. The lowest BCUT2D eigenvalue weighted by molar-refractivity contribution is -0.121. The average molecular weight is 443 g/mol. The molecule has 4 nitrogen and oxygen atoms in total. The van der Waals surface area contributed by atoms with Crippen molar-refractivity contribution in [3.05, 3.63) is 58.2 Å². The van der Waals surface area contributed by atoms with Crippen LogP contribution in [0.1, 0.15) is 77.8 Å². The SMILES string of the molecule is COc1cc(C)c(O)c(C/C=C(\C)C[C@@H](O)/C=C(\C)CCCC(C)C(=O)CC=C(C)C)c1. The zero-order valence-electron chi connectivity index (χ0n) is 21.0. The summed E-state index contributed by atoms with van der Waals surface area (Å²) in [6.45, 7) is 11.9. The molecule has 0 aliphatic rings. The van der Waals surface area contributed by atoms with Crippen molar-refractivity contribution < 1.29 is 19.7 Å². The van der Waals surface area contributed by atoms with Gasteiger partial charge in [-0.3, -0.25) is 4.79 Å². The van der Waals surface area contributed by atoms with E-state index in [2.05, 4.69) is 0 Å². The smallest absolute Gasteiger partial charge is 0.139 e. The van der Waals surface area contributed by atoms with E-state index in [0.717, 1.165) is 47.3 Å². The predicted octanol–water partition coefficient (Wildman–Crippen LogP) is 6.63. The molecule has 0 spiro atoms. The number of carbonyl (C=O) groups excluding carboxylic acids is 1. The molecule has 0 amide bonds. The molecular formula is C28H42O4. The van der Waals surface area contributed by atoms with Crippen molar-refractivity contribution in [2.75, 3.05) is 7.11 Å². The maximum atomic E-state index is 12.1. The number of rotatable bonds is 13. The van der Waals surface area contributed by atoms with Gasteiger partial charge in [0.1, 0.15) is 17.3 Å². The third-order valence-electron chi connectivity index (χ3n) is 5.74. The highest BCUT2D eigenvalue weighted by molar-refractivity contribution is 5.82. The van der Waals surface area contributed by atoms with Crippen LogP contribution in [0.4, 0.5) is 0 Å². The maximum absolute atomic E-state index is 12.1. The number of benzene rings is 1. The second-order valence-electron chi connectivity index (χ2n) is 9.24. The van der Waals surface area contributed by atoms with Crippen LogP contribution in [0.3, 0.4) is 0 Å². The number of hydrogen-bond acceptors (Lipinski definition) is 4. The summed E-state index contributed by atoms with van der Waals surface area (Å²) in [6, 6.07) is 3.66. The number of phenolic OH excluding ortho intramolecular Hbond substituents is 1. The lowest BCUT2D eigenvalue weighted by Crippen LogP contribution is -2.10. The molecule has 2 N–H and O–H groups in total. The Labute approximate surface area is 194 Å². The number of ketones is 1. The topological polar surface area (TPSA) is 66.8 Å². The minimum Gasteiger partial charge on any atom is -0.507 e. The predicted molar refractivity (Wildman–Crippen MR) is 133 cm³/mol. The van der Waals surface area contributed by atoms with Gasteiger partial charge in [0.05, 0.1) is 13.2 Å². The van der Waals surface area contributed by atoms with Crippen molar-refractivity contribution in [1.82, 2.24) is 0 Å². The molecular weight excluding hydrogens is 400 g/mol. The number of phenols is 1. The van der Waals surface area contributed by atoms with Gasteiger partial charge in [-0.2, -0.15) is 0 Å². The molecule has 0 bridgehead atoms. The van der Waals surface area contributed by atoms with E-state index in [1.165, 1.54) is 5.57 Å². The Balaban J connectivity index is 2.52. The molecule has 0 aliphatic heterocycles. The van der Waals surface area contributed by atoms with E-state index < -0.39 is 6.10 Å². The van der Waals surface area contributed by atoms with E-state index in [1.807, 2.05) is 71.9 Å². The first kappa shape index (κ1) is 27.7. The monoisotopic (exact) mass is 442 g/mol. The van der Waals surface area contributed by atoms with Crippen LogP contribution >= 0.6 is 0 Å². The lowest BCUT2D eigenvalue weighted by Gasteiger charge is -2.12. The normalized spacial score (nSPS) is 14.1. The lowest BCUT2D eigenvalue weighted by atomic mass is 9.95. The average Bonchev–Trinajstić information content (AvgIpc) is 2.72. The van der Waals surface area contributed by atoms with Crippen LogP contribution in [0.5, 0.6) is 11.5 Å². The number of hydrogen-bond donors (Lipinski definition) is 2. The number of aryl methyl sites for hydroxylation is 1. The van der Waals surface area contributed by atoms with Gasteiger partial charge in [-0.05, 0) is 84.4 Å². The first-order valence-corrected chi connectivity index (χ1v) is 11.6. The molecule has 2 atom stereocenters. The van der Waals surface area contributed by atoms with Gasteiger partial charge in [0.15, 0.2) is 0 Å². The van der Waals surface area contributed by atoms with Crippen LogP contribution in [0.2, 0.25) is 0 Å². The van der Waals surface area contributed by atoms with Crippen LogP contribution in [0.15, 0.2) is 47.1 Å². The van der Waals surface area contributed by atoms with Crippen LogP contribution < -0.4 is 4.74 Å². The maximum Gasteiger partial charge on any atom is 0.139 e. The van der Waals surface area contributed by atoms with Crippen LogP contribution in [0.25, 0.3) is 0 Å². The molecule has 32 heavy (non-hydrogen) atoms. The number of carbonyl (C=O) groups is 1. The van der Waals surface area contributed by atoms with Gasteiger partial charge in [-0.25, -0.2) is 0 Å². The zero-order chi connectivity index (χ0) is 24.3. The van der Waals surface area contributed by atoms with Crippen molar-refractivity contribution in [1.29, 1.82) is 0 Å². The number of aliphatic hydroxyl groups is 1. The Kier molecular flexibility index (Phi) is 12.1. The Bertz CT molecular complexity index is 841. The van der Waals surface area contributed by atoms with Crippen LogP contribution in [-0.4, -0.2) is 29.2 Å². The van der Waals surface area contributed by atoms with Crippen molar-refractivity contribution >= 4 is 5.78 Å². The highest BCUT2D eigenvalue weighted by Gasteiger charge is 2.12. The largest absolute Gasteiger partial charge is 0.507 e. The number of Topliss-reactive ketones (excluding diaryl/α,β-unsaturated/α-hetero) is 1. The van der Waals surface area contributed by atoms with Crippen molar-refractivity contribution in [3.63, 3.8) is 0 Å². The quantitative estimate of drug-likeness (QED) is 0.337. The van der Waals surface area contributed by atoms with E-state index in [-0.39, 0.29) is 5.92 Å². The van der Waals surface area contributed by atoms with Crippen molar-refractivity contribution in [3.8, 4) is 11.5 Å². The number of aliphatic hydroxyl groups excluding tert-OH is 1. The molecule has 0 saturated carbocycles. The number of allylic oxidation sites excluding steroid dienone is 4. The zero-order valence-corrected chi connectivity index (χ0v) is 21.0. The molecule has 1 unspecified atom stereocenters. The fraction of sp³-hybridized carbons (Fsp3) is 0.536. The molecule has 0 saturated heterocycles. The summed E-state index contributed by atoms with van der Waals surface area (Å²) in [4.78, 5) is 12.1. The van der Waals surface area contributed by atoms with Gasteiger partial charge in [0.25, 0.3) is 0 Å². The Morgan fingerprint density at radius 2 is 1.81 bits per heavy atom. The Hall–Kier alpha value is -2.33. The third-order valence-corrected chi connectivity index (χ3v) is 5.74. The second kappa shape index (κ2) is 13.9. The third kappa shape index (κ3) is 10.3. The first-order valence-electron chi connectivity index (χ1n) is 11.6. The minimum atomic E-state index is -0.538. The summed E-state index contributed by atoms with van der Waals surface area (Å²) in [5.74, 6) is 1.39. The van der Waals surface area contributed by atoms with Gasteiger partial charge in [-0.15, -0.1) is 0 Å². The van der Waals surface area contributed by atoms with Gasteiger partial charge in [0.2, 0.25) is 0 Å². The number of methoxy groups -OCH3 is 1. The molecule has 0 aromatic heterocycles. The van der Waals surface area contributed by atoms with Gasteiger partial charge < -0.3 is 14.9 Å². The van der Waals surface area contributed by atoms with E-state index >= 15 is 0 Å². The molecule has 178 valence electrons. The molecule has 0 radical (unpaired) electrons. The van der Waals surface area contributed by atoms with Gasteiger partial charge >= 0.3 is 0 Å². The first-order chi connectivity index (χ1) is 15.0. The molecule has 0 heterocycles. The summed E-state index contributed by atoms with van der Waals surface area (Å²) >= 11 is 0. The van der Waals surface area contributed by atoms with Crippen molar-refractivity contribution in [2.45, 2.75) is 86.2 Å². The summed E-state index contributed by atoms with van der Waals surface area (Å²) in [6.07, 6.45) is 9.78. The summed E-state index contributed by atoms with van der Waals surface area (Å²) in [5, 5.41) is 20.7. The second-order valence-corrected chi connectivity index (χ2v) is 9.24. The molecule has 4 heteroatoms. The highest BCUT2D eigenvalue weighted by Crippen LogP contribution is 2.28. The molecule has 1 rings (SSSR count). The van der Waals surface area contributed by atoms with E-state index in [0.29, 0.717) is 30.8 Å². The number of aromatic hydroxyl groups is 1. The summed E-state index contributed by atoms with van der Waals surface area (Å²) in [7, 11) is 1.62. The summed E-state index contributed by atoms with van der Waals surface area (Å²) < 4.78 is 5.29. The van der Waals surface area contributed by atoms with Crippen molar-refractivity contribution in [2.24, 2.45) is 5.92 Å². The van der Waals surface area contributed by atoms with Gasteiger partial charge in [0, 0.05) is 17.9 Å². The van der Waals surface area contributed by atoms with E-state index in [4.69, 9.17) is 4.74 Å². The fourth-order valence-corrected chi connectivity index (χ4v) is 3.61. The van der Waals surface area contributed by atoms with Crippen LogP contribution in [0, 0.1) is 12.8 Å². The van der Waals surface area contributed by atoms with Crippen LogP contribution in [-0.2, 0) is 11.2 Å². The molecule has 1 aromatic carbocycles. The Morgan fingerprint density at radius 3 is 2.44 bits per heavy atom. The molecule has 0 aliphatic carbocycles. The minimum absolute atomic E-state index is 0.0742. The summed E-state index contributed by atoms with van der Waals surface area (Å²) in [5.41, 5.74) is 5.00. The van der Waals surface area contributed by atoms with E-state index in [9.17, 15) is 15.0 Å². The van der Waals surface area contributed by atoms with Gasteiger partial charge in [-0.1, -0.05) is 41.9 Å². The Morgan fingerprint density at radius 1 is 1.12 bits per heavy atom.